The molecular formula is C88H151NO8P+. The van der Waals surface area contributed by atoms with Gasteiger partial charge in [0.05, 0.1) is 27.7 Å². The molecule has 98 heavy (non-hydrogen) atoms. The molecule has 9 nitrogen and oxygen atoms in total. The van der Waals surface area contributed by atoms with E-state index in [-0.39, 0.29) is 32.0 Å². The van der Waals surface area contributed by atoms with Crippen molar-refractivity contribution in [2.45, 2.75) is 341 Å². The second-order valence-corrected chi connectivity index (χ2v) is 29.1. The minimum atomic E-state index is -4.41. The molecular weight excluding hydrogens is 1230 g/mol. The molecule has 560 valence electrons. The first-order valence-corrected chi connectivity index (χ1v) is 41.7. The van der Waals surface area contributed by atoms with Gasteiger partial charge in [-0.1, -0.05) is 358 Å². The van der Waals surface area contributed by atoms with Gasteiger partial charge in [0.25, 0.3) is 0 Å². The van der Waals surface area contributed by atoms with E-state index in [0.29, 0.717) is 17.4 Å². The van der Waals surface area contributed by atoms with Crippen LogP contribution in [0.4, 0.5) is 0 Å². The van der Waals surface area contributed by atoms with E-state index in [2.05, 4.69) is 172 Å². The summed E-state index contributed by atoms with van der Waals surface area (Å²) in [4.78, 5) is 36.0. The van der Waals surface area contributed by atoms with E-state index >= 15 is 0 Å². The fourth-order valence-electron chi connectivity index (χ4n) is 11.0. The summed E-state index contributed by atoms with van der Waals surface area (Å²) in [6.45, 7) is 4.20. The number of ether oxygens (including phenoxy) is 2. The normalized spacial score (nSPS) is 13.9. The number of nitrogens with zero attached hydrogens (tertiary/aromatic N) is 1. The second kappa shape index (κ2) is 76.8. The summed E-state index contributed by atoms with van der Waals surface area (Å²) in [5.74, 6) is -0.816. The highest BCUT2D eigenvalue weighted by molar-refractivity contribution is 7.47. The maximum atomic E-state index is 12.9. The number of hydrogen-bond donors (Lipinski definition) is 1. The van der Waals surface area contributed by atoms with Crippen molar-refractivity contribution in [2.75, 3.05) is 47.5 Å². The van der Waals surface area contributed by atoms with Crippen LogP contribution in [0.15, 0.2) is 158 Å². The molecule has 1 N–H and O–H groups in total. The molecule has 2 atom stereocenters. The molecule has 0 saturated heterocycles. The van der Waals surface area contributed by atoms with Crippen molar-refractivity contribution in [2.24, 2.45) is 0 Å². The van der Waals surface area contributed by atoms with Crippen LogP contribution >= 0.6 is 7.82 Å². The SMILES string of the molecule is CC/C=C\C/C=C\C/C=C\C/C=C\C/C=C\C/C=C\C/C=C\C/C=C\C/C=C\CCCCCCCC(=O)OC(COC(=O)CCCCCCCCCCCCCCCCCCCCCCCCCCCCCC/C=C\C/C=C\C/C=C\C/C=C\CC)COP(=O)(O)OCC[N+](C)(C)C. The third kappa shape index (κ3) is 80.6. The van der Waals surface area contributed by atoms with Gasteiger partial charge in [0.2, 0.25) is 0 Å². The van der Waals surface area contributed by atoms with Crippen molar-refractivity contribution in [1.29, 1.82) is 0 Å². The second-order valence-electron chi connectivity index (χ2n) is 27.7. The Bertz CT molecular complexity index is 2220. The van der Waals surface area contributed by atoms with Gasteiger partial charge < -0.3 is 18.9 Å². The van der Waals surface area contributed by atoms with Gasteiger partial charge in [0, 0.05) is 12.8 Å². The van der Waals surface area contributed by atoms with Gasteiger partial charge in [-0.3, -0.25) is 18.6 Å². The van der Waals surface area contributed by atoms with Gasteiger partial charge in [-0.05, 0) is 122 Å². The number of quaternary nitrogens is 1. The van der Waals surface area contributed by atoms with Gasteiger partial charge in [0.1, 0.15) is 19.8 Å². The number of allylic oxidation sites excluding steroid dienone is 26. The summed E-state index contributed by atoms with van der Waals surface area (Å²) in [7, 11) is 1.46. The van der Waals surface area contributed by atoms with Crippen molar-refractivity contribution >= 4 is 19.8 Å². The lowest BCUT2D eigenvalue weighted by atomic mass is 10.0. The van der Waals surface area contributed by atoms with Crippen LogP contribution in [0.3, 0.4) is 0 Å². The minimum absolute atomic E-state index is 0.0217. The molecule has 0 aliphatic heterocycles. The molecule has 0 aromatic rings. The van der Waals surface area contributed by atoms with Crippen molar-refractivity contribution in [3.63, 3.8) is 0 Å². The van der Waals surface area contributed by atoms with Crippen LogP contribution < -0.4 is 0 Å². The van der Waals surface area contributed by atoms with E-state index in [1.54, 1.807) is 0 Å². The predicted octanol–water partition coefficient (Wildman–Crippen LogP) is 27.1. The van der Waals surface area contributed by atoms with E-state index < -0.39 is 26.5 Å². The van der Waals surface area contributed by atoms with E-state index in [0.717, 1.165) is 135 Å². The third-order valence-electron chi connectivity index (χ3n) is 17.1. The van der Waals surface area contributed by atoms with Crippen molar-refractivity contribution in [1.82, 2.24) is 0 Å². The summed E-state index contributed by atoms with van der Waals surface area (Å²) >= 11 is 0. The van der Waals surface area contributed by atoms with Gasteiger partial charge in [-0.15, -0.1) is 0 Å². The van der Waals surface area contributed by atoms with Crippen LogP contribution in [-0.2, 0) is 32.7 Å². The van der Waals surface area contributed by atoms with Crippen LogP contribution in [0.2, 0.25) is 0 Å². The standard InChI is InChI=1S/C88H150NO8P/c1-6-8-10-12-14-16-18-20-22-24-26-28-30-32-34-36-38-40-41-42-43-44-45-46-47-49-50-52-54-56-58-60-62-64-66-68-70-72-74-76-78-80-87(90)94-84-86(85-96-98(92,93)95-83-82-89(3,4)5)97-88(91)81-79-77-75-73-71-69-67-65-63-61-59-57-55-53-51-48-39-37-35-33-31-29-27-25-23-21-19-17-15-13-11-9-7-2/h8-11,14-17,20-23,26-29,33,35,39,48,53,55,59,61,65,67,86H,6-7,12-13,18-19,24-25,30-32,34,36-38,40-47,49-52,54,56-58,60,62-64,66,68-85H2,1-5H3/p+1/b10-8-,11-9-,16-14-,17-15-,22-20-,23-21-,28-26-,29-27-,35-33-,48-39-,55-53-,61-59-,67-65-. The molecule has 0 aliphatic rings. The van der Waals surface area contributed by atoms with Crippen molar-refractivity contribution in [3.05, 3.63) is 158 Å². The lowest BCUT2D eigenvalue weighted by Gasteiger charge is -2.24. The fraction of sp³-hybridized carbons (Fsp3) is 0.682. The molecule has 0 bridgehead atoms. The number of carbonyl (C=O) groups is 2. The van der Waals surface area contributed by atoms with Crippen LogP contribution in [0.1, 0.15) is 335 Å². The Kier molecular flexibility index (Phi) is 73.4. The quantitative estimate of drug-likeness (QED) is 0.0211. The molecule has 2 unspecified atom stereocenters. The molecule has 0 saturated carbocycles. The lowest BCUT2D eigenvalue weighted by molar-refractivity contribution is -0.870. The summed E-state index contributed by atoms with van der Waals surface area (Å²) in [6.07, 6.45) is 115. The Morgan fingerprint density at radius 1 is 0.316 bits per heavy atom. The van der Waals surface area contributed by atoms with Crippen LogP contribution in [0.5, 0.6) is 0 Å². The number of carbonyl (C=O) groups excluding carboxylic acids is 2. The maximum absolute atomic E-state index is 12.9. The van der Waals surface area contributed by atoms with Crippen LogP contribution in [-0.4, -0.2) is 74.9 Å². The van der Waals surface area contributed by atoms with Crippen molar-refractivity contribution in [3.8, 4) is 0 Å². The molecule has 0 aromatic heterocycles. The maximum Gasteiger partial charge on any atom is 0.472 e. The Labute approximate surface area is 605 Å². The van der Waals surface area contributed by atoms with Gasteiger partial charge in [0.15, 0.2) is 6.10 Å². The fourth-order valence-corrected chi connectivity index (χ4v) is 11.7. The number of hydrogen-bond acceptors (Lipinski definition) is 7. The number of unbranched alkanes of at least 4 members (excludes halogenated alkanes) is 33. The molecule has 0 heterocycles. The highest BCUT2D eigenvalue weighted by atomic mass is 31.2. The van der Waals surface area contributed by atoms with E-state index in [1.165, 1.54) is 167 Å². The van der Waals surface area contributed by atoms with E-state index in [1.807, 2.05) is 21.1 Å². The highest BCUT2D eigenvalue weighted by Crippen LogP contribution is 2.43. The molecule has 10 heteroatoms. The Morgan fingerprint density at radius 2 is 0.551 bits per heavy atom. The van der Waals surface area contributed by atoms with E-state index in [9.17, 15) is 19.0 Å². The Morgan fingerprint density at radius 3 is 0.816 bits per heavy atom. The third-order valence-corrected chi connectivity index (χ3v) is 18.0. The first-order valence-electron chi connectivity index (χ1n) is 40.2. The molecule has 0 amide bonds. The number of rotatable bonds is 73. The monoisotopic (exact) mass is 1380 g/mol. The molecule has 0 aliphatic carbocycles. The molecule has 0 aromatic carbocycles. The van der Waals surface area contributed by atoms with Gasteiger partial charge >= 0.3 is 19.8 Å². The summed E-state index contributed by atoms with van der Waals surface area (Å²) in [5.41, 5.74) is 0. The number of likely N-dealkylation sites (N-methyl/N-ethyl adjacent to an activating group) is 1. The topological polar surface area (TPSA) is 108 Å². The summed E-state index contributed by atoms with van der Waals surface area (Å²) in [6, 6.07) is 0. The molecule has 0 rings (SSSR count). The zero-order chi connectivity index (χ0) is 71.1. The smallest absolute Gasteiger partial charge is 0.462 e. The number of phosphoric acid groups is 1. The predicted molar refractivity (Wildman–Crippen MR) is 426 cm³/mol. The summed E-state index contributed by atoms with van der Waals surface area (Å²) < 4.78 is 34.8. The molecule has 0 fully saturated rings. The van der Waals surface area contributed by atoms with Gasteiger partial charge in [-0.25, -0.2) is 4.57 Å². The Balaban J connectivity index is 3.99. The zero-order valence-electron chi connectivity index (χ0n) is 64.0. The average Bonchev–Trinajstić information content (AvgIpc) is 1.08. The molecule has 0 spiro atoms. The zero-order valence-corrected chi connectivity index (χ0v) is 64.9. The minimum Gasteiger partial charge on any atom is -0.462 e. The van der Waals surface area contributed by atoms with Crippen LogP contribution in [0.25, 0.3) is 0 Å². The van der Waals surface area contributed by atoms with Crippen LogP contribution in [0, 0.1) is 0 Å². The highest BCUT2D eigenvalue weighted by Gasteiger charge is 2.27. The molecule has 0 radical (unpaired) electrons. The first kappa shape index (κ1) is 93.6. The first-order chi connectivity index (χ1) is 48.0. The van der Waals surface area contributed by atoms with E-state index in [4.69, 9.17) is 18.5 Å². The number of phosphoric ester groups is 1. The largest absolute Gasteiger partial charge is 0.472 e. The average molecular weight is 1380 g/mol. The lowest BCUT2D eigenvalue weighted by Crippen LogP contribution is -2.37. The van der Waals surface area contributed by atoms with Gasteiger partial charge in [-0.2, -0.15) is 0 Å². The number of esters is 2. The van der Waals surface area contributed by atoms with Crippen molar-refractivity contribution < 1.29 is 42.1 Å². The Hall–Kier alpha value is -4.37. The summed E-state index contributed by atoms with van der Waals surface area (Å²) in [5, 5.41) is 0.